The van der Waals surface area contributed by atoms with Crippen LogP contribution in [-0.4, -0.2) is 21.1 Å². The second kappa shape index (κ2) is 8.38. The summed E-state index contributed by atoms with van der Waals surface area (Å²) in [7, 11) is 0. The van der Waals surface area contributed by atoms with E-state index in [0.717, 1.165) is 26.8 Å². The third kappa shape index (κ3) is 3.38. The maximum atomic E-state index is 13.4. The van der Waals surface area contributed by atoms with Gasteiger partial charge < -0.3 is 0 Å². The zero-order valence-electron chi connectivity index (χ0n) is 19.7. The van der Waals surface area contributed by atoms with Crippen molar-refractivity contribution >= 4 is 50.1 Å². The Morgan fingerprint density at radius 2 is 1.44 bits per heavy atom. The minimum Gasteiger partial charge on any atom is -0.292 e. The van der Waals surface area contributed by atoms with Crippen molar-refractivity contribution in [1.29, 1.82) is 0 Å². The number of thiophene rings is 1. The van der Waals surface area contributed by atoms with Gasteiger partial charge in [0.05, 0.1) is 11.1 Å². The molecule has 2 heterocycles. The van der Waals surface area contributed by atoms with Crippen LogP contribution in [0.1, 0.15) is 69.4 Å². The Bertz CT molecular complexity index is 1640. The first-order chi connectivity index (χ1) is 17.7. The molecule has 0 spiro atoms. The lowest BCUT2D eigenvalue weighted by Gasteiger charge is -2.19. The van der Waals surface area contributed by atoms with Crippen LogP contribution in [0.2, 0.25) is 0 Å². The van der Waals surface area contributed by atoms with Crippen LogP contribution in [0.25, 0.3) is 32.9 Å². The average molecular weight is 489 g/mol. The number of imidazole rings is 1. The highest BCUT2D eigenvalue weighted by atomic mass is 32.1. The molecule has 1 saturated carbocycles. The zero-order chi connectivity index (χ0) is 24.2. The van der Waals surface area contributed by atoms with Gasteiger partial charge in [-0.25, -0.2) is 4.98 Å². The van der Waals surface area contributed by atoms with E-state index in [-0.39, 0.29) is 17.1 Å². The first kappa shape index (κ1) is 21.5. The summed E-state index contributed by atoms with van der Waals surface area (Å²) in [4.78, 5) is 34.1. The van der Waals surface area contributed by atoms with E-state index in [1.807, 2.05) is 66.7 Å². The van der Waals surface area contributed by atoms with Crippen molar-refractivity contribution in [3.8, 4) is 5.69 Å². The fraction of sp³-hybridized carbons (Fsp3) is 0.194. The normalized spacial score (nSPS) is 16.3. The molecule has 5 heteroatoms. The van der Waals surface area contributed by atoms with Crippen LogP contribution in [0.4, 0.5) is 0 Å². The topological polar surface area (TPSA) is 52.0 Å². The van der Waals surface area contributed by atoms with Gasteiger partial charge in [0.1, 0.15) is 10.7 Å². The lowest BCUT2D eigenvalue weighted by atomic mass is 9.88. The van der Waals surface area contributed by atoms with Gasteiger partial charge in [0, 0.05) is 21.7 Å². The largest absolute Gasteiger partial charge is 0.292 e. The second-order valence-corrected chi connectivity index (χ2v) is 10.8. The van der Waals surface area contributed by atoms with Crippen LogP contribution >= 0.6 is 11.3 Å². The van der Waals surface area contributed by atoms with Crippen molar-refractivity contribution in [2.45, 2.75) is 38.0 Å². The number of allylic oxidation sites excluding steroid dienone is 1. The number of para-hydroxylation sites is 1. The molecule has 0 bridgehead atoms. The Labute approximate surface area is 212 Å². The van der Waals surface area contributed by atoms with Gasteiger partial charge in [-0.15, -0.1) is 11.3 Å². The molecular formula is C31H24N2O2S. The van der Waals surface area contributed by atoms with Gasteiger partial charge >= 0.3 is 0 Å². The number of Topliss-reactive ketones (excluding diaryl/α,β-unsaturated/α-hetero) is 2. The molecule has 0 N–H and O–H groups in total. The monoisotopic (exact) mass is 488 g/mol. The number of fused-ring (bicyclic) bond motifs is 3. The molecule has 176 valence electrons. The summed E-state index contributed by atoms with van der Waals surface area (Å²) < 4.78 is 2.09. The van der Waals surface area contributed by atoms with E-state index in [1.165, 1.54) is 37.0 Å². The molecule has 0 saturated heterocycles. The molecule has 0 atom stereocenters. The Kier molecular flexibility index (Phi) is 5.00. The Balaban J connectivity index is 1.37. The molecule has 2 aromatic heterocycles. The van der Waals surface area contributed by atoms with Gasteiger partial charge in [-0.2, -0.15) is 0 Å². The number of aromatic nitrogens is 2. The van der Waals surface area contributed by atoms with E-state index >= 15 is 0 Å². The molecular weight excluding hydrogens is 464 g/mol. The molecule has 3 aromatic carbocycles. The lowest BCUT2D eigenvalue weighted by Crippen LogP contribution is -2.04. The summed E-state index contributed by atoms with van der Waals surface area (Å²) in [6.45, 7) is 0. The van der Waals surface area contributed by atoms with Gasteiger partial charge in [-0.3, -0.25) is 14.2 Å². The number of ketones is 2. The van der Waals surface area contributed by atoms with Crippen LogP contribution in [0.5, 0.6) is 0 Å². The first-order valence-corrected chi connectivity index (χ1v) is 13.4. The number of hydrogen-bond acceptors (Lipinski definition) is 4. The maximum absolute atomic E-state index is 13.4. The predicted octanol–water partition coefficient (Wildman–Crippen LogP) is 7.75. The highest BCUT2D eigenvalue weighted by Gasteiger charge is 2.34. The van der Waals surface area contributed by atoms with Crippen molar-refractivity contribution in [2.24, 2.45) is 0 Å². The van der Waals surface area contributed by atoms with Crippen LogP contribution < -0.4 is 0 Å². The van der Waals surface area contributed by atoms with E-state index in [9.17, 15) is 9.59 Å². The summed E-state index contributed by atoms with van der Waals surface area (Å²) in [6.07, 6.45) is 8.07. The molecule has 0 radical (unpaired) electrons. The molecule has 0 aliphatic heterocycles. The molecule has 36 heavy (non-hydrogen) atoms. The van der Waals surface area contributed by atoms with Crippen molar-refractivity contribution in [3.63, 3.8) is 0 Å². The summed E-state index contributed by atoms with van der Waals surface area (Å²) in [5, 5.41) is 1.92. The molecule has 0 amide bonds. The Morgan fingerprint density at radius 1 is 0.806 bits per heavy atom. The van der Waals surface area contributed by atoms with Gasteiger partial charge in [0.25, 0.3) is 0 Å². The van der Waals surface area contributed by atoms with Crippen molar-refractivity contribution in [2.75, 3.05) is 0 Å². The molecule has 1 fully saturated rings. The molecule has 0 unspecified atom stereocenters. The maximum Gasteiger partial charge on any atom is 0.197 e. The summed E-state index contributed by atoms with van der Waals surface area (Å²) in [6, 6.07) is 23.8. The standard InChI is InChI=1S/C31H24N2O2S/c34-29-23-15-20-11-7-8-12-21(20)16-24(23)30(35)25(29)17-28-32-31-26(33(28)22-13-5-2-6-14-22)18-27(36-31)19-9-3-1-4-10-19/h2,5-8,11-19H,1,3-4,9-10H2. The SMILES string of the molecule is O=C1C(=Cc2nc3sc(C4CCCCC4)cc3n2-c2ccccc2)C(=O)c2cc3ccccc3cc21. The van der Waals surface area contributed by atoms with E-state index in [1.54, 1.807) is 17.4 Å². The molecule has 4 nitrogen and oxygen atoms in total. The van der Waals surface area contributed by atoms with Gasteiger partial charge in [-0.1, -0.05) is 61.7 Å². The third-order valence-electron chi connectivity index (χ3n) is 7.56. The molecule has 7 rings (SSSR count). The fourth-order valence-corrected chi connectivity index (χ4v) is 6.90. The third-order valence-corrected chi connectivity index (χ3v) is 8.74. The number of carbonyl (C=O) groups excluding carboxylic acids is 2. The van der Waals surface area contributed by atoms with Crippen LogP contribution in [0.15, 0.2) is 78.4 Å². The smallest absolute Gasteiger partial charge is 0.197 e. The van der Waals surface area contributed by atoms with Crippen molar-refractivity contribution < 1.29 is 9.59 Å². The first-order valence-electron chi connectivity index (χ1n) is 12.6. The van der Waals surface area contributed by atoms with Crippen LogP contribution in [0, 0.1) is 0 Å². The van der Waals surface area contributed by atoms with Crippen LogP contribution in [0.3, 0.4) is 0 Å². The molecule has 5 aromatic rings. The van der Waals surface area contributed by atoms with Crippen molar-refractivity contribution in [1.82, 2.24) is 9.55 Å². The predicted molar refractivity (Wildman–Crippen MR) is 145 cm³/mol. The fourth-order valence-electron chi connectivity index (χ4n) is 5.71. The quantitative estimate of drug-likeness (QED) is 0.193. The molecule has 2 aliphatic carbocycles. The average Bonchev–Trinajstić information content (AvgIpc) is 3.55. The van der Waals surface area contributed by atoms with E-state index in [4.69, 9.17) is 4.98 Å². The summed E-state index contributed by atoms with van der Waals surface area (Å²) >= 11 is 1.75. The highest BCUT2D eigenvalue weighted by Crippen LogP contribution is 2.40. The number of hydrogen-bond donors (Lipinski definition) is 0. The lowest BCUT2D eigenvalue weighted by molar-refractivity contribution is 0.0990. The second-order valence-electron chi connectivity index (χ2n) is 9.78. The summed E-state index contributed by atoms with van der Waals surface area (Å²) in [5.74, 6) is 0.765. The number of rotatable bonds is 3. The Hall–Kier alpha value is -3.83. The van der Waals surface area contributed by atoms with Gasteiger partial charge in [0.2, 0.25) is 0 Å². The zero-order valence-corrected chi connectivity index (χ0v) is 20.6. The van der Waals surface area contributed by atoms with Gasteiger partial charge in [-0.05, 0) is 65.9 Å². The Morgan fingerprint density at radius 3 is 2.11 bits per heavy atom. The van der Waals surface area contributed by atoms with E-state index < -0.39 is 0 Å². The highest BCUT2D eigenvalue weighted by molar-refractivity contribution is 7.18. The number of benzene rings is 3. The van der Waals surface area contributed by atoms with Crippen LogP contribution in [-0.2, 0) is 0 Å². The summed E-state index contributed by atoms with van der Waals surface area (Å²) in [5.41, 5.74) is 3.15. The minimum absolute atomic E-state index is 0.183. The molecule has 2 aliphatic rings. The van der Waals surface area contributed by atoms with E-state index in [2.05, 4.69) is 10.6 Å². The number of nitrogens with zero attached hydrogens (tertiary/aromatic N) is 2. The van der Waals surface area contributed by atoms with Gasteiger partial charge in [0.15, 0.2) is 11.6 Å². The minimum atomic E-state index is -0.227. The number of carbonyl (C=O) groups is 2. The van der Waals surface area contributed by atoms with Crippen molar-refractivity contribution in [3.05, 3.63) is 100 Å². The van der Waals surface area contributed by atoms with E-state index in [0.29, 0.717) is 22.9 Å².